The molecule has 3 aromatic rings. The lowest BCUT2D eigenvalue weighted by atomic mass is 9.83. The molecule has 2 aliphatic carbocycles. The number of hydrogen-bond donors (Lipinski definition) is 2. The first-order valence-corrected chi connectivity index (χ1v) is 12.1. The average molecular weight is 491 g/mol. The van der Waals surface area contributed by atoms with Crippen LogP contribution < -0.4 is 5.32 Å². The van der Waals surface area contributed by atoms with E-state index >= 15 is 0 Å². The molecule has 7 nitrogen and oxygen atoms in total. The normalized spacial score (nSPS) is 17.9. The number of carboxylic acids is 1. The lowest BCUT2D eigenvalue weighted by molar-refractivity contribution is -0.142. The van der Waals surface area contributed by atoms with Crippen LogP contribution in [0.25, 0.3) is 33.5 Å². The van der Waals surface area contributed by atoms with Crippen LogP contribution in [0, 0.1) is 17.8 Å². The number of ether oxygens (including phenoxy) is 2. The molecule has 0 radical (unpaired) electrons. The van der Waals surface area contributed by atoms with Crippen LogP contribution in [-0.4, -0.2) is 42.0 Å². The molecule has 8 heteroatoms. The number of amides is 1. The number of fused-ring (bicyclic) bond motifs is 5. The van der Waals surface area contributed by atoms with E-state index in [1.807, 2.05) is 42.5 Å². The minimum Gasteiger partial charge on any atom is -0.480 e. The minimum atomic E-state index is -0.952. The maximum atomic E-state index is 13.6. The smallest absolute Gasteiger partial charge is 0.411 e. The largest absolute Gasteiger partial charge is 0.480 e. The molecule has 5 rings (SSSR count). The van der Waals surface area contributed by atoms with E-state index in [2.05, 4.69) is 10.3 Å². The number of carbonyl (C=O) groups is 2. The van der Waals surface area contributed by atoms with Gasteiger partial charge in [0, 0.05) is 16.8 Å². The monoisotopic (exact) mass is 490 g/mol. The van der Waals surface area contributed by atoms with Gasteiger partial charge in [0.05, 0.1) is 18.9 Å². The highest BCUT2D eigenvalue weighted by Gasteiger charge is 2.23. The molecule has 0 spiro atoms. The molecule has 2 aromatic carbocycles. The van der Waals surface area contributed by atoms with Crippen molar-refractivity contribution < 1.29 is 28.6 Å². The fraction of sp³-hybridized carbons (Fsp3) is 0.321. The van der Waals surface area contributed by atoms with Crippen molar-refractivity contribution in [3.63, 3.8) is 0 Å². The second kappa shape index (κ2) is 10.5. The Balaban J connectivity index is 1.11. The first kappa shape index (κ1) is 23.9. The number of benzene rings is 2. The number of nitrogens with zero attached hydrogens (tertiary/aromatic N) is 1. The maximum absolute atomic E-state index is 13.6. The molecule has 2 N–H and O–H groups in total. The number of aromatic nitrogens is 1. The quantitative estimate of drug-likeness (QED) is 0.294. The third kappa shape index (κ3) is 5.39. The van der Waals surface area contributed by atoms with Crippen LogP contribution in [0.1, 0.15) is 25.7 Å². The molecular formula is C28H27FN2O5. The topological polar surface area (TPSA) is 97.8 Å². The average Bonchev–Trinajstić information content (AvgIpc) is 3.15. The van der Waals surface area contributed by atoms with Crippen LogP contribution in [0.15, 0.2) is 54.6 Å². The zero-order valence-corrected chi connectivity index (χ0v) is 19.7. The van der Waals surface area contributed by atoms with E-state index in [-0.39, 0.29) is 6.61 Å². The highest BCUT2D eigenvalue weighted by Crippen LogP contribution is 2.44. The van der Waals surface area contributed by atoms with Crippen LogP contribution in [0.3, 0.4) is 0 Å². The number of hydrogen-bond acceptors (Lipinski definition) is 5. The molecule has 186 valence electrons. The fourth-order valence-corrected chi connectivity index (χ4v) is 5.00. The number of anilines is 1. The molecule has 1 amide bonds. The van der Waals surface area contributed by atoms with E-state index in [9.17, 15) is 14.0 Å². The summed E-state index contributed by atoms with van der Waals surface area (Å²) in [5.41, 5.74) is 6.14. The third-order valence-electron chi connectivity index (χ3n) is 6.88. The molecule has 0 aliphatic heterocycles. The van der Waals surface area contributed by atoms with E-state index < -0.39 is 18.0 Å². The van der Waals surface area contributed by atoms with E-state index in [0.717, 1.165) is 53.5 Å². The summed E-state index contributed by atoms with van der Waals surface area (Å²) >= 11 is 0. The lowest BCUT2D eigenvalue weighted by Gasteiger charge is -2.27. The molecule has 2 bridgehead atoms. The van der Waals surface area contributed by atoms with Gasteiger partial charge in [-0.15, -0.1) is 0 Å². The summed E-state index contributed by atoms with van der Waals surface area (Å²) < 4.78 is 24.2. The fourth-order valence-electron chi connectivity index (χ4n) is 5.00. The molecular weight excluding hydrogens is 463 g/mol. The molecule has 1 heterocycles. The predicted octanol–water partition coefficient (Wildman–Crippen LogP) is 5.99. The van der Waals surface area contributed by atoms with Gasteiger partial charge in [0.2, 0.25) is 5.95 Å². The van der Waals surface area contributed by atoms with Gasteiger partial charge in [-0.2, -0.15) is 4.39 Å². The number of aliphatic carboxylic acids is 1. The summed E-state index contributed by atoms with van der Waals surface area (Å²) in [5.74, 6) is -0.780. The Bertz CT molecular complexity index is 1270. The van der Waals surface area contributed by atoms with Crippen LogP contribution >= 0.6 is 0 Å². The second-order valence-corrected chi connectivity index (χ2v) is 9.39. The van der Waals surface area contributed by atoms with Crippen molar-refractivity contribution in [2.75, 3.05) is 25.1 Å². The summed E-state index contributed by atoms with van der Waals surface area (Å²) in [5, 5.41) is 11.4. The first-order chi connectivity index (χ1) is 17.5. The van der Waals surface area contributed by atoms with Crippen molar-refractivity contribution in [3.05, 3.63) is 60.5 Å². The molecule has 2 aliphatic rings. The van der Waals surface area contributed by atoms with Crippen molar-refractivity contribution >= 4 is 17.7 Å². The number of nitrogens with one attached hydrogen (secondary N) is 1. The van der Waals surface area contributed by atoms with Crippen LogP contribution in [0.5, 0.6) is 0 Å². The van der Waals surface area contributed by atoms with Crippen LogP contribution in [-0.2, 0) is 14.3 Å². The number of halogens is 1. The molecule has 0 atom stereocenters. The van der Waals surface area contributed by atoms with Gasteiger partial charge in [0.1, 0.15) is 6.61 Å². The Morgan fingerprint density at radius 1 is 0.889 bits per heavy atom. The van der Waals surface area contributed by atoms with Gasteiger partial charge < -0.3 is 14.6 Å². The van der Waals surface area contributed by atoms with Gasteiger partial charge in [-0.05, 0) is 84.5 Å². The van der Waals surface area contributed by atoms with Crippen molar-refractivity contribution in [1.82, 2.24) is 4.98 Å². The molecule has 1 aromatic heterocycles. The van der Waals surface area contributed by atoms with Crippen molar-refractivity contribution in [2.45, 2.75) is 25.7 Å². The Morgan fingerprint density at radius 3 is 2.28 bits per heavy atom. The van der Waals surface area contributed by atoms with Gasteiger partial charge in [-0.1, -0.05) is 24.3 Å². The highest BCUT2D eigenvalue weighted by molar-refractivity contribution is 5.97. The summed E-state index contributed by atoms with van der Waals surface area (Å²) in [7, 11) is 0. The van der Waals surface area contributed by atoms with Crippen LogP contribution in [0.2, 0.25) is 0 Å². The summed E-state index contributed by atoms with van der Waals surface area (Å²) in [6.07, 6.45) is 3.25. The predicted molar refractivity (Wildman–Crippen MR) is 133 cm³/mol. The number of carbonyl (C=O) groups excluding carboxylic acids is 1. The van der Waals surface area contributed by atoms with Crippen molar-refractivity contribution in [3.8, 4) is 33.5 Å². The van der Waals surface area contributed by atoms with E-state index in [4.69, 9.17) is 14.6 Å². The Labute approximate surface area is 208 Å². The zero-order chi connectivity index (χ0) is 25.1. The van der Waals surface area contributed by atoms with Gasteiger partial charge in [0.25, 0.3) is 0 Å². The van der Waals surface area contributed by atoms with E-state index in [1.54, 1.807) is 6.07 Å². The Kier molecular flexibility index (Phi) is 6.95. The summed E-state index contributed by atoms with van der Waals surface area (Å²) in [6, 6.07) is 16.6. The molecule has 1 saturated carbocycles. The number of rotatable bonds is 8. The molecule has 36 heavy (non-hydrogen) atoms. The van der Waals surface area contributed by atoms with Gasteiger partial charge in [-0.25, -0.2) is 14.6 Å². The second-order valence-electron chi connectivity index (χ2n) is 9.39. The first-order valence-electron chi connectivity index (χ1n) is 12.1. The standard InChI is InChI=1S/C28H27FN2O5/c29-25-12-11-23-24-13-20(27(23)31-25)7-10-22(24)19-5-8-21(9-6-19)30-28(34)36-15-18-3-1-17(2-4-18)14-35-16-26(32)33/h5-13,17-18H,1-4,14-16H2,(H,30,34)(H,32,33). The van der Waals surface area contributed by atoms with Crippen molar-refractivity contribution in [1.29, 1.82) is 0 Å². The zero-order valence-electron chi connectivity index (χ0n) is 19.7. The molecule has 0 saturated heterocycles. The summed E-state index contributed by atoms with van der Waals surface area (Å²) in [6.45, 7) is 0.560. The minimum absolute atomic E-state index is 0.260. The summed E-state index contributed by atoms with van der Waals surface area (Å²) in [4.78, 5) is 26.9. The lowest BCUT2D eigenvalue weighted by Crippen LogP contribution is -2.25. The number of carboxylic acid groups (broad SMARTS) is 1. The van der Waals surface area contributed by atoms with Crippen molar-refractivity contribution in [2.24, 2.45) is 11.8 Å². The molecule has 1 fully saturated rings. The van der Waals surface area contributed by atoms with Gasteiger partial charge >= 0.3 is 12.1 Å². The van der Waals surface area contributed by atoms with Gasteiger partial charge in [-0.3, -0.25) is 5.32 Å². The maximum Gasteiger partial charge on any atom is 0.411 e. The molecule has 0 unspecified atom stereocenters. The Morgan fingerprint density at radius 2 is 1.56 bits per heavy atom. The van der Waals surface area contributed by atoms with E-state index in [1.165, 1.54) is 6.07 Å². The van der Waals surface area contributed by atoms with Gasteiger partial charge in [0.15, 0.2) is 0 Å². The van der Waals surface area contributed by atoms with E-state index in [0.29, 0.717) is 36.4 Å². The number of pyridine rings is 1. The van der Waals surface area contributed by atoms with Crippen LogP contribution in [0.4, 0.5) is 14.9 Å². The SMILES string of the molecule is O=C(O)COCC1CCC(COC(=O)Nc2ccc(-c3ccc4cc3-c3ccc(F)nc3-4)cc2)CC1. The highest BCUT2D eigenvalue weighted by atomic mass is 19.1. The Hall–Kier alpha value is -3.78. The third-order valence-corrected chi connectivity index (χ3v) is 6.88.